The fourth-order valence-electron chi connectivity index (χ4n) is 2.09. The molecule has 0 fully saturated rings. The molecule has 3 aromatic rings. The standard InChI is InChI=1S/C13H15N5S/c1-9(7-11-3-6-19-8-11)15-12-13-17-16-10(2)18(13)5-4-14-12/h3-6,8-9H,7H2,1-2H3,(H,14,15). The third kappa shape index (κ3) is 2.44. The summed E-state index contributed by atoms with van der Waals surface area (Å²) in [6, 6.07) is 2.45. The summed E-state index contributed by atoms with van der Waals surface area (Å²) in [5, 5.41) is 15.9. The minimum Gasteiger partial charge on any atom is -0.364 e. The molecular weight excluding hydrogens is 258 g/mol. The van der Waals surface area contributed by atoms with Crippen molar-refractivity contribution >= 4 is 22.8 Å². The first-order chi connectivity index (χ1) is 9.24. The van der Waals surface area contributed by atoms with Crippen molar-refractivity contribution in [2.45, 2.75) is 26.3 Å². The Balaban J connectivity index is 1.81. The molecule has 3 rings (SSSR count). The number of nitrogens with one attached hydrogen (secondary N) is 1. The molecular formula is C13H15N5S. The molecule has 0 aromatic carbocycles. The van der Waals surface area contributed by atoms with Crippen LogP contribution in [0.2, 0.25) is 0 Å². The zero-order valence-corrected chi connectivity index (χ0v) is 11.7. The monoisotopic (exact) mass is 273 g/mol. The SMILES string of the molecule is Cc1nnc2c(NC(C)Cc3ccsc3)nccn12. The predicted octanol–water partition coefficient (Wildman–Crippen LogP) is 2.54. The van der Waals surface area contributed by atoms with Gasteiger partial charge in [-0.1, -0.05) is 0 Å². The number of aromatic nitrogens is 4. The number of fused-ring (bicyclic) bond motifs is 1. The molecule has 0 aliphatic carbocycles. The van der Waals surface area contributed by atoms with Crippen molar-refractivity contribution in [3.8, 4) is 0 Å². The smallest absolute Gasteiger partial charge is 0.203 e. The van der Waals surface area contributed by atoms with Gasteiger partial charge in [0.25, 0.3) is 0 Å². The normalized spacial score (nSPS) is 12.7. The van der Waals surface area contributed by atoms with Gasteiger partial charge in [-0.25, -0.2) is 4.98 Å². The largest absolute Gasteiger partial charge is 0.364 e. The van der Waals surface area contributed by atoms with Gasteiger partial charge in [-0.05, 0) is 42.7 Å². The number of nitrogens with zero attached hydrogens (tertiary/aromatic N) is 4. The highest BCUT2D eigenvalue weighted by atomic mass is 32.1. The molecule has 0 radical (unpaired) electrons. The average Bonchev–Trinajstić information content (AvgIpc) is 3.01. The zero-order valence-electron chi connectivity index (χ0n) is 10.9. The molecule has 0 saturated carbocycles. The van der Waals surface area contributed by atoms with Gasteiger partial charge in [0, 0.05) is 18.4 Å². The van der Waals surface area contributed by atoms with E-state index in [9.17, 15) is 0 Å². The molecule has 0 bridgehead atoms. The van der Waals surface area contributed by atoms with E-state index in [0.717, 1.165) is 23.7 Å². The van der Waals surface area contributed by atoms with E-state index in [0.29, 0.717) is 6.04 Å². The van der Waals surface area contributed by atoms with Crippen molar-refractivity contribution in [1.29, 1.82) is 0 Å². The Kier molecular flexibility index (Phi) is 3.16. The maximum atomic E-state index is 4.36. The summed E-state index contributed by atoms with van der Waals surface area (Å²) < 4.78 is 1.94. The van der Waals surface area contributed by atoms with Crippen molar-refractivity contribution < 1.29 is 0 Å². The number of hydrogen-bond acceptors (Lipinski definition) is 5. The lowest BCUT2D eigenvalue weighted by Gasteiger charge is -2.13. The molecule has 1 unspecified atom stereocenters. The fourth-order valence-corrected chi connectivity index (χ4v) is 2.77. The van der Waals surface area contributed by atoms with Crippen molar-refractivity contribution in [3.63, 3.8) is 0 Å². The Labute approximate surface area is 115 Å². The molecule has 5 nitrogen and oxygen atoms in total. The molecule has 1 N–H and O–H groups in total. The summed E-state index contributed by atoms with van der Waals surface area (Å²) in [4.78, 5) is 4.36. The van der Waals surface area contributed by atoms with Crippen LogP contribution in [-0.4, -0.2) is 25.6 Å². The second kappa shape index (κ2) is 4.97. The summed E-state index contributed by atoms with van der Waals surface area (Å²) >= 11 is 1.72. The number of hydrogen-bond donors (Lipinski definition) is 1. The second-order valence-electron chi connectivity index (χ2n) is 4.60. The Hall–Kier alpha value is -1.95. The van der Waals surface area contributed by atoms with E-state index in [1.807, 2.05) is 17.5 Å². The summed E-state index contributed by atoms with van der Waals surface area (Å²) in [7, 11) is 0. The Morgan fingerprint density at radius 2 is 2.32 bits per heavy atom. The highest BCUT2D eigenvalue weighted by Crippen LogP contribution is 2.15. The van der Waals surface area contributed by atoms with E-state index in [1.54, 1.807) is 17.5 Å². The van der Waals surface area contributed by atoms with Gasteiger partial charge in [-0.3, -0.25) is 4.40 Å². The van der Waals surface area contributed by atoms with Crippen LogP contribution >= 0.6 is 11.3 Å². The molecule has 0 aliphatic rings. The maximum Gasteiger partial charge on any atom is 0.203 e. The first kappa shape index (κ1) is 12.1. The first-order valence-electron chi connectivity index (χ1n) is 6.18. The summed E-state index contributed by atoms with van der Waals surface area (Å²) in [5.41, 5.74) is 2.12. The van der Waals surface area contributed by atoms with Crippen LogP contribution in [0.5, 0.6) is 0 Å². The topological polar surface area (TPSA) is 55.1 Å². The summed E-state index contributed by atoms with van der Waals surface area (Å²) in [6.07, 6.45) is 4.61. The molecule has 0 aliphatic heterocycles. The predicted molar refractivity (Wildman–Crippen MR) is 76.6 cm³/mol. The molecule has 0 amide bonds. The molecule has 1 atom stereocenters. The minimum absolute atomic E-state index is 0.297. The van der Waals surface area contributed by atoms with E-state index >= 15 is 0 Å². The van der Waals surface area contributed by atoms with Crippen molar-refractivity contribution in [3.05, 3.63) is 40.6 Å². The van der Waals surface area contributed by atoms with Gasteiger partial charge in [-0.15, -0.1) is 10.2 Å². The lowest BCUT2D eigenvalue weighted by atomic mass is 10.1. The number of aryl methyl sites for hydroxylation is 1. The third-order valence-corrected chi connectivity index (χ3v) is 3.73. The number of rotatable bonds is 4. The lowest BCUT2D eigenvalue weighted by Crippen LogP contribution is -2.19. The number of thiophene rings is 1. The van der Waals surface area contributed by atoms with E-state index in [-0.39, 0.29) is 0 Å². The second-order valence-corrected chi connectivity index (χ2v) is 5.38. The van der Waals surface area contributed by atoms with Gasteiger partial charge in [0.1, 0.15) is 5.82 Å². The van der Waals surface area contributed by atoms with E-state index in [4.69, 9.17) is 0 Å². The Bertz CT molecular complexity index is 673. The van der Waals surface area contributed by atoms with Crippen LogP contribution in [0.4, 0.5) is 5.82 Å². The van der Waals surface area contributed by atoms with Crippen LogP contribution in [0.3, 0.4) is 0 Å². The van der Waals surface area contributed by atoms with Crippen LogP contribution < -0.4 is 5.32 Å². The summed E-state index contributed by atoms with van der Waals surface area (Å²) in [6.45, 7) is 4.07. The van der Waals surface area contributed by atoms with Gasteiger partial charge >= 0.3 is 0 Å². The van der Waals surface area contributed by atoms with Crippen LogP contribution in [0.1, 0.15) is 18.3 Å². The molecule has 98 valence electrons. The quantitative estimate of drug-likeness (QED) is 0.793. The molecule has 3 aromatic heterocycles. The van der Waals surface area contributed by atoms with E-state index in [2.05, 4.69) is 44.2 Å². The lowest BCUT2D eigenvalue weighted by molar-refractivity contribution is 0.786. The van der Waals surface area contributed by atoms with Gasteiger partial charge in [0.2, 0.25) is 5.65 Å². The highest BCUT2D eigenvalue weighted by molar-refractivity contribution is 7.07. The zero-order chi connectivity index (χ0) is 13.2. The van der Waals surface area contributed by atoms with Crippen LogP contribution in [0.15, 0.2) is 29.2 Å². The molecule has 19 heavy (non-hydrogen) atoms. The maximum absolute atomic E-state index is 4.36. The van der Waals surface area contributed by atoms with E-state index < -0.39 is 0 Å². The highest BCUT2D eigenvalue weighted by Gasteiger charge is 2.10. The van der Waals surface area contributed by atoms with Crippen molar-refractivity contribution in [1.82, 2.24) is 19.6 Å². The molecule has 0 spiro atoms. The van der Waals surface area contributed by atoms with E-state index in [1.165, 1.54) is 5.56 Å². The van der Waals surface area contributed by atoms with Gasteiger partial charge < -0.3 is 5.32 Å². The molecule has 6 heteroatoms. The Morgan fingerprint density at radius 1 is 1.42 bits per heavy atom. The number of anilines is 1. The first-order valence-corrected chi connectivity index (χ1v) is 7.12. The third-order valence-electron chi connectivity index (χ3n) is 3.00. The Morgan fingerprint density at radius 3 is 3.11 bits per heavy atom. The molecule has 0 saturated heterocycles. The average molecular weight is 273 g/mol. The summed E-state index contributed by atoms with van der Waals surface area (Å²) in [5.74, 6) is 1.65. The fraction of sp³-hybridized carbons (Fsp3) is 0.308. The van der Waals surface area contributed by atoms with Crippen molar-refractivity contribution in [2.24, 2.45) is 0 Å². The minimum atomic E-state index is 0.297. The molecule has 3 heterocycles. The van der Waals surface area contributed by atoms with Gasteiger partial charge in [-0.2, -0.15) is 11.3 Å². The van der Waals surface area contributed by atoms with Crippen LogP contribution in [0, 0.1) is 6.92 Å². The van der Waals surface area contributed by atoms with Crippen LogP contribution in [0.25, 0.3) is 5.65 Å². The van der Waals surface area contributed by atoms with Crippen LogP contribution in [-0.2, 0) is 6.42 Å². The van der Waals surface area contributed by atoms with Gasteiger partial charge in [0.05, 0.1) is 0 Å². The van der Waals surface area contributed by atoms with Crippen molar-refractivity contribution in [2.75, 3.05) is 5.32 Å². The van der Waals surface area contributed by atoms with Gasteiger partial charge in [0.15, 0.2) is 5.82 Å².